The van der Waals surface area contributed by atoms with E-state index >= 15 is 0 Å². The molecule has 1 aromatic carbocycles. The van der Waals surface area contributed by atoms with Gasteiger partial charge < -0.3 is 19.8 Å². The first kappa shape index (κ1) is 23.3. The molecule has 2 N–H and O–H groups in total. The normalized spacial score (nSPS) is 10.8. The molecule has 0 bridgehead atoms. The topological polar surface area (TPSA) is 106 Å². The van der Waals surface area contributed by atoms with E-state index < -0.39 is 0 Å². The number of anilines is 1. The summed E-state index contributed by atoms with van der Waals surface area (Å²) in [4.78, 5) is 34.8. The average molecular weight is 477 g/mol. The zero-order valence-electron chi connectivity index (χ0n) is 18.8. The molecule has 3 aromatic heterocycles. The molecule has 0 atom stereocenters. The third-order valence-electron chi connectivity index (χ3n) is 4.99. The van der Waals surface area contributed by atoms with E-state index in [2.05, 4.69) is 20.6 Å². The maximum absolute atomic E-state index is 12.5. The van der Waals surface area contributed by atoms with Crippen LogP contribution in [0.2, 0.25) is 0 Å². The van der Waals surface area contributed by atoms with Gasteiger partial charge in [0.1, 0.15) is 11.5 Å². The Kier molecular flexibility index (Phi) is 7.46. The molecule has 4 aromatic rings. The highest BCUT2D eigenvalue weighted by Gasteiger charge is 2.14. The summed E-state index contributed by atoms with van der Waals surface area (Å²) >= 11 is 1.40. The first-order chi connectivity index (χ1) is 16.5. The summed E-state index contributed by atoms with van der Waals surface area (Å²) in [7, 11) is 1.62. The standard InChI is InChI=1S/C25H24N4O4S/c1-16-21(14-27-23(30)12-17-4-3-11-26-13-17)29-25(33-16)18-5-7-19(8-6-18)28-24(31)22-10-9-20(34-22)15-32-2/h3-11,13H,12,14-15H2,1-2H3,(H,27,30)(H,28,31). The molecule has 34 heavy (non-hydrogen) atoms. The summed E-state index contributed by atoms with van der Waals surface area (Å²) in [5.41, 5.74) is 2.95. The first-order valence-electron chi connectivity index (χ1n) is 10.6. The van der Waals surface area contributed by atoms with Gasteiger partial charge in [0, 0.05) is 35.6 Å². The molecule has 0 unspecified atom stereocenters. The smallest absolute Gasteiger partial charge is 0.265 e. The van der Waals surface area contributed by atoms with Crippen molar-refractivity contribution in [2.75, 3.05) is 12.4 Å². The van der Waals surface area contributed by atoms with Crippen LogP contribution in [-0.2, 0) is 29.1 Å². The Morgan fingerprint density at radius 1 is 1.12 bits per heavy atom. The van der Waals surface area contributed by atoms with Crippen LogP contribution in [0.3, 0.4) is 0 Å². The lowest BCUT2D eigenvalue weighted by atomic mass is 10.2. The highest BCUT2D eigenvalue weighted by atomic mass is 32.1. The van der Waals surface area contributed by atoms with Crippen molar-refractivity contribution in [1.82, 2.24) is 15.3 Å². The van der Waals surface area contributed by atoms with E-state index in [1.54, 1.807) is 43.8 Å². The van der Waals surface area contributed by atoms with Crippen LogP contribution < -0.4 is 10.6 Å². The number of rotatable bonds is 9. The van der Waals surface area contributed by atoms with Gasteiger partial charge in [-0.05, 0) is 55.0 Å². The van der Waals surface area contributed by atoms with E-state index in [1.807, 2.05) is 31.2 Å². The number of pyridine rings is 1. The molecular formula is C25H24N4O4S. The fourth-order valence-electron chi connectivity index (χ4n) is 3.26. The lowest BCUT2D eigenvalue weighted by Gasteiger charge is -2.04. The number of carbonyl (C=O) groups is 2. The monoisotopic (exact) mass is 476 g/mol. The van der Waals surface area contributed by atoms with E-state index in [0.29, 0.717) is 34.5 Å². The number of methoxy groups -OCH3 is 1. The zero-order chi connectivity index (χ0) is 23.9. The Balaban J connectivity index is 1.35. The van der Waals surface area contributed by atoms with Crippen LogP contribution in [0.25, 0.3) is 11.5 Å². The number of carbonyl (C=O) groups excluding carboxylic acids is 2. The van der Waals surface area contributed by atoms with Gasteiger partial charge in [-0.15, -0.1) is 11.3 Å². The van der Waals surface area contributed by atoms with Gasteiger partial charge in [0.25, 0.3) is 5.91 Å². The van der Waals surface area contributed by atoms with Crippen molar-refractivity contribution in [3.63, 3.8) is 0 Å². The minimum absolute atomic E-state index is 0.114. The fraction of sp³-hybridized carbons (Fsp3) is 0.200. The van der Waals surface area contributed by atoms with Gasteiger partial charge in [-0.3, -0.25) is 14.6 Å². The third kappa shape index (κ3) is 5.94. The predicted octanol–water partition coefficient (Wildman–Crippen LogP) is 4.36. The summed E-state index contributed by atoms with van der Waals surface area (Å²) in [6.07, 6.45) is 3.60. The highest BCUT2D eigenvalue weighted by Crippen LogP contribution is 2.24. The number of amides is 2. The van der Waals surface area contributed by atoms with Crippen LogP contribution in [0.4, 0.5) is 5.69 Å². The van der Waals surface area contributed by atoms with E-state index in [4.69, 9.17) is 9.15 Å². The molecule has 0 saturated carbocycles. The highest BCUT2D eigenvalue weighted by molar-refractivity contribution is 7.14. The van der Waals surface area contributed by atoms with Crippen LogP contribution in [0, 0.1) is 6.92 Å². The number of hydrogen-bond acceptors (Lipinski definition) is 7. The molecule has 174 valence electrons. The number of thiophene rings is 1. The number of aryl methyl sites for hydroxylation is 1. The molecule has 2 amide bonds. The van der Waals surface area contributed by atoms with Crippen molar-refractivity contribution in [2.45, 2.75) is 26.5 Å². The summed E-state index contributed by atoms with van der Waals surface area (Å²) in [5, 5.41) is 5.75. The quantitative estimate of drug-likeness (QED) is 0.372. The van der Waals surface area contributed by atoms with E-state index in [1.165, 1.54) is 11.3 Å². The number of nitrogens with one attached hydrogen (secondary N) is 2. The molecule has 0 spiro atoms. The summed E-state index contributed by atoms with van der Waals surface area (Å²) in [5.74, 6) is 0.807. The maximum atomic E-state index is 12.5. The SMILES string of the molecule is COCc1ccc(C(=O)Nc2ccc(-c3nc(CNC(=O)Cc4cccnc4)c(C)o3)cc2)s1. The van der Waals surface area contributed by atoms with Crippen LogP contribution in [0.1, 0.15) is 31.6 Å². The van der Waals surface area contributed by atoms with Crippen LogP contribution in [-0.4, -0.2) is 28.9 Å². The number of oxazole rings is 1. The second-order valence-corrected chi connectivity index (χ2v) is 8.74. The molecule has 3 heterocycles. The zero-order valence-corrected chi connectivity index (χ0v) is 19.6. The fourth-order valence-corrected chi connectivity index (χ4v) is 4.13. The van der Waals surface area contributed by atoms with Gasteiger partial charge in [-0.25, -0.2) is 4.98 Å². The first-order valence-corrected chi connectivity index (χ1v) is 11.4. The van der Waals surface area contributed by atoms with E-state index in [0.717, 1.165) is 16.0 Å². The lowest BCUT2D eigenvalue weighted by molar-refractivity contribution is -0.120. The van der Waals surface area contributed by atoms with Crippen molar-refractivity contribution in [3.05, 3.63) is 87.7 Å². The number of aromatic nitrogens is 2. The van der Waals surface area contributed by atoms with Gasteiger partial charge in [-0.1, -0.05) is 6.07 Å². The lowest BCUT2D eigenvalue weighted by Crippen LogP contribution is -2.25. The molecule has 8 nitrogen and oxygen atoms in total. The Hall–Kier alpha value is -3.82. The molecule has 0 saturated heterocycles. The minimum atomic E-state index is -0.170. The number of hydrogen-bond donors (Lipinski definition) is 2. The van der Waals surface area contributed by atoms with Crippen LogP contribution in [0.15, 0.2) is 65.3 Å². The molecule has 0 fully saturated rings. The number of benzene rings is 1. The number of nitrogens with zero attached hydrogens (tertiary/aromatic N) is 2. The van der Waals surface area contributed by atoms with Gasteiger partial charge in [-0.2, -0.15) is 0 Å². The van der Waals surface area contributed by atoms with Crippen molar-refractivity contribution >= 4 is 28.8 Å². The molecule has 9 heteroatoms. The van der Waals surface area contributed by atoms with Crippen molar-refractivity contribution in [2.24, 2.45) is 0 Å². The van der Waals surface area contributed by atoms with Gasteiger partial charge >= 0.3 is 0 Å². The summed E-state index contributed by atoms with van der Waals surface area (Å²) < 4.78 is 10.9. The van der Waals surface area contributed by atoms with Crippen LogP contribution >= 0.6 is 11.3 Å². The molecule has 0 aliphatic carbocycles. The van der Waals surface area contributed by atoms with Gasteiger partial charge in [0.05, 0.1) is 24.4 Å². The Bertz CT molecular complexity index is 1270. The van der Waals surface area contributed by atoms with E-state index in [-0.39, 0.29) is 24.8 Å². The number of ether oxygens (including phenoxy) is 1. The Labute approximate surface area is 201 Å². The molecule has 0 aliphatic rings. The second-order valence-electron chi connectivity index (χ2n) is 7.57. The van der Waals surface area contributed by atoms with Crippen LogP contribution in [0.5, 0.6) is 0 Å². The maximum Gasteiger partial charge on any atom is 0.265 e. The largest absolute Gasteiger partial charge is 0.441 e. The van der Waals surface area contributed by atoms with Crippen molar-refractivity contribution in [1.29, 1.82) is 0 Å². The Morgan fingerprint density at radius 2 is 1.94 bits per heavy atom. The average Bonchev–Trinajstić information content (AvgIpc) is 3.46. The van der Waals surface area contributed by atoms with Crippen molar-refractivity contribution < 1.29 is 18.7 Å². The minimum Gasteiger partial charge on any atom is -0.441 e. The van der Waals surface area contributed by atoms with Crippen molar-refractivity contribution in [3.8, 4) is 11.5 Å². The molecule has 4 rings (SSSR count). The third-order valence-corrected chi connectivity index (χ3v) is 6.05. The van der Waals surface area contributed by atoms with Gasteiger partial charge in [0.15, 0.2) is 0 Å². The van der Waals surface area contributed by atoms with E-state index in [9.17, 15) is 9.59 Å². The molecular weight excluding hydrogens is 452 g/mol. The molecule has 0 aliphatic heterocycles. The summed E-state index contributed by atoms with van der Waals surface area (Å²) in [6.45, 7) is 2.57. The molecule has 0 radical (unpaired) electrons. The predicted molar refractivity (Wildman–Crippen MR) is 129 cm³/mol. The van der Waals surface area contributed by atoms with Gasteiger partial charge in [0.2, 0.25) is 11.8 Å². The Morgan fingerprint density at radius 3 is 2.68 bits per heavy atom. The summed E-state index contributed by atoms with van der Waals surface area (Å²) in [6, 6.07) is 14.6. The second kappa shape index (κ2) is 10.9.